The molecule has 66 valence electrons. The monoisotopic (exact) mass is 192 g/mol. The second-order valence-corrected chi connectivity index (χ2v) is 2.93. The van der Waals surface area contributed by atoms with Crippen LogP contribution in [0.1, 0.15) is 5.56 Å². The van der Waals surface area contributed by atoms with Crippen molar-refractivity contribution in [1.82, 2.24) is 9.97 Å². The molecule has 1 aromatic rings. The van der Waals surface area contributed by atoms with Crippen LogP contribution in [0.2, 0.25) is 0 Å². The van der Waals surface area contributed by atoms with Crippen LogP contribution in [0.3, 0.4) is 0 Å². The van der Waals surface area contributed by atoms with Crippen molar-refractivity contribution in [3.05, 3.63) is 17.8 Å². The van der Waals surface area contributed by atoms with Gasteiger partial charge in [0, 0.05) is 17.8 Å². The van der Waals surface area contributed by atoms with Gasteiger partial charge in [0.15, 0.2) is 5.16 Å². The lowest BCUT2D eigenvalue weighted by atomic mass is 10.3. The van der Waals surface area contributed by atoms with Gasteiger partial charge in [0.2, 0.25) is 0 Å². The van der Waals surface area contributed by atoms with Gasteiger partial charge in [-0.2, -0.15) is 5.26 Å². The number of thioether (sulfide) groups is 1. The molecule has 1 heterocycles. The van der Waals surface area contributed by atoms with Crippen molar-refractivity contribution >= 4 is 23.7 Å². The summed E-state index contributed by atoms with van der Waals surface area (Å²) in [7, 11) is 0. The van der Waals surface area contributed by atoms with Crippen molar-refractivity contribution in [3.8, 4) is 6.07 Å². The minimum absolute atomic E-state index is 0.394. The summed E-state index contributed by atoms with van der Waals surface area (Å²) < 4.78 is 0. The Morgan fingerprint density at radius 2 is 2.46 bits per heavy atom. The molecule has 0 aliphatic rings. The predicted molar refractivity (Wildman–Crippen MR) is 52.9 cm³/mol. The highest BCUT2D eigenvalue weighted by molar-refractivity contribution is 7.98. The van der Waals surface area contributed by atoms with Crippen molar-refractivity contribution in [1.29, 1.82) is 5.26 Å². The van der Waals surface area contributed by atoms with E-state index in [9.17, 15) is 0 Å². The van der Waals surface area contributed by atoms with E-state index >= 15 is 0 Å². The summed E-state index contributed by atoms with van der Waals surface area (Å²) in [6.07, 6.45) is 6.40. The van der Waals surface area contributed by atoms with Gasteiger partial charge in [-0.1, -0.05) is 11.8 Å². The average Bonchev–Trinajstić information content (AvgIpc) is 2.16. The van der Waals surface area contributed by atoms with E-state index in [-0.39, 0.29) is 0 Å². The molecule has 13 heavy (non-hydrogen) atoms. The highest BCUT2D eigenvalue weighted by Gasteiger charge is 1.99. The molecule has 0 saturated heterocycles. The minimum atomic E-state index is 0.394. The number of aromatic nitrogens is 2. The number of nitrogens with two attached hydrogens (primary N) is 1. The van der Waals surface area contributed by atoms with E-state index in [1.165, 1.54) is 17.8 Å². The zero-order valence-electron chi connectivity index (χ0n) is 7.06. The van der Waals surface area contributed by atoms with Crippen LogP contribution in [0.4, 0.5) is 5.82 Å². The molecule has 4 nitrogen and oxygen atoms in total. The summed E-state index contributed by atoms with van der Waals surface area (Å²) in [5.41, 5.74) is 6.28. The Morgan fingerprint density at radius 1 is 1.69 bits per heavy atom. The van der Waals surface area contributed by atoms with Crippen molar-refractivity contribution in [3.63, 3.8) is 0 Å². The zero-order valence-corrected chi connectivity index (χ0v) is 7.88. The van der Waals surface area contributed by atoms with E-state index in [1.54, 1.807) is 12.3 Å². The summed E-state index contributed by atoms with van der Waals surface area (Å²) in [6, 6.07) is 1.88. The highest BCUT2D eigenvalue weighted by Crippen LogP contribution is 2.14. The quantitative estimate of drug-likeness (QED) is 0.434. The minimum Gasteiger partial charge on any atom is -0.383 e. The Kier molecular flexibility index (Phi) is 3.29. The van der Waals surface area contributed by atoms with E-state index in [4.69, 9.17) is 11.0 Å². The van der Waals surface area contributed by atoms with E-state index in [2.05, 4.69) is 9.97 Å². The predicted octanol–water partition coefficient (Wildman–Crippen LogP) is 1.32. The fourth-order valence-corrected chi connectivity index (χ4v) is 1.09. The molecular formula is C8H8N4S. The van der Waals surface area contributed by atoms with Crippen molar-refractivity contribution in [2.45, 2.75) is 5.16 Å². The standard InChI is InChI=1S/C8H8N4S/c1-13-8-11-5-6(3-2-4-9)7(10)12-8/h2-3,5H,1H3,(H2,10,11,12)/b3-2+. The Bertz CT molecular complexity index is 367. The number of anilines is 1. The van der Waals surface area contributed by atoms with Gasteiger partial charge in [0.25, 0.3) is 0 Å². The van der Waals surface area contributed by atoms with Gasteiger partial charge in [-0.15, -0.1) is 0 Å². The maximum absolute atomic E-state index is 8.30. The maximum atomic E-state index is 8.30. The lowest BCUT2D eigenvalue weighted by molar-refractivity contribution is 0.975. The molecule has 2 N–H and O–H groups in total. The molecule has 0 aromatic carbocycles. The Balaban J connectivity index is 3.00. The summed E-state index contributed by atoms with van der Waals surface area (Å²) in [5.74, 6) is 0.394. The van der Waals surface area contributed by atoms with Gasteiger partial charge < -0.3 is 5.73 Å². The smallest absolute Gasteiger partial charge is 0.189 e. The number of allylic oxidation sites excluding steroid dienone is 1. The first-order valence-electron chi connectivity index (χ1n) is 3.50. The van der Waals surface area contributed by atoms with Crippen molar-refractivity contribution in [2.24, 2.45) is 0 Å². The van der Waals surface area contributed by atoms with Crippen molar-refractivity contribution in [2.75, 3.05) is 12.0 Å². The van der Waals surface area contributed by atoms with Crippen LogP contribution in [0.25, 0.3) is 6.08 Å². The molecule has 0 aliphatic carbocycles. The second-order valence-electron chi connectivity index (χ2n) is 2.16. The molecule has 1 aromatic heterocycles. The number of nitriles is 1. The average molecular weight is 192 g/mol. The summed E-state index contributed by atoms with van der Waals surface area (Å²) in [4.78, 5) is 8.04. The third-order valence-electron chi connectivity index (χ3n) is 1.35. The number of rotatable bonds is 2. The highest BCUT2D eigenvalue weighted by atomic mass is 32.2. The van der Waals surface area contributed by atoms with E-state index in [0.29, 0.717) is 16.5 Å². The fraction of sp³-hybridized carbons (Fsp3) is 0.125. The van der Waals surface area contributed by atoms with Gasteiger partial charge in [0.05, 0.1) is 6.07 Å². The Labute approximate surface area is 80.5 Å². The molecule has 0 saturated carbocycles. The molecular weight excluding hydrogens is 184 g/mol. The first-order chi connectivity index (χ1) is 6.27. The van der Waals surface area contributed by atoms with Gasteiger partial charge in [-0.3, -0.25) is 0 Å². The Hall–Kier alpha value is -1.54. The van der Waals surface area contributed by atoms with Gasteiger partial charge in [-0.05, 0) is 12.3 Å². The second kappa shape index (κ2) is 4.48. The van der Waals surface area contributed by atoms with Gasteiger partial charge in [-0.25, -0.2) is 9.97 Å². The maximum Gasteiger partial charge on any atom is 0.189 e. The lowest BCUT2D eigenvalue weighted by Gasteiger charge is -1.99. The van der Waals surface area contributed by atoms with E-state index < -0.39 is 0 Å². The number of hydrogen-bond acceptors (Lipinski definition) is 5. The largest absolute Gasteiger partial charge is 0.383 e. The van der Waals surface area contributed by atoms with Crippen LogP contribution in [0.15, 0.2) is 17.4 Å². The molecule has 1 rings (SSSR count). The molecule has 0 radical (unpaired) electrons. The fourth-order valence-electron chi connectivity index (χ4n) is 0.741. The van der Waals surface area contributed by atoms with E-state index in [1.807, 2.05) is 12.3 Å². The summed E-state index contributed by atoms with van der Waals surface area (Å²) >= 11 is 1.42. The molecule has 0 atom stereocenters. The van der Waals surface area contributed by atoms with Crippen LogP contribution in [0.5, 0.6) is 0 Å². The lowest BCUT2D eigenvalue weighted by Crippen LogP contribution is -1.96. The molecule has 0 amide bonds. The van der Waals surface area contributed by atoms with Crippen LogP contribution in [-0.2, 0) is 0 Å². The third-order valence-corrected chi connectivity index (χ3v) is 1.91. The molecule has 5 heteroatoms. The topological polar surface area (TPSA) is 75.6 Å². The van der Waals surface area contributed by atoms with Gasteiger partial charge >= 0.3 is 0 Å². The normalized spacial score (nSPS) is 10.2. The Morgan fingerprint density at radius 3 is 3.00 bits per heavy atom. The number of hydrogen-bond donors (Lipinski definition) is 1. The third kappa shape index (κ3) is 2.46. The first-order valence-corrected chi connectivity index (χ1v) is 4.73. The summed E-state index contributed by atoms with van der Waals surface area (Å²) in [6.45, 7) is 0. The SMILES string of the molecule is CSc1ncc(/C=C/C#N)c(N)n1. The van der Waals surface area contributed by atoms with Crippen molar-refractivity contribution < 1.29 is 0 Å². The number of nitrogen functional groups attached to an aromatic ring is 1. The molecule has 0 unspecified atom stereocenters. The van der Waals surface area contributed by atoms with Crippen LogP contribution in [-0.4, -0.2) is 16.2 Å². The molecule has 0 fully saturated rings. The molecule has 0 spiro atoms. The van der Waals surface area contributed by atoms with Crippen LogP contribution < -0.4 is 5.73 Å². The van der Waals surface area contributed by atoms with Crippen LogP contribution in [0, 0.1) is 11.3 Å². The molecule has 0 aliphatic heterocycles. The van der Waals surface area contributed by atoms with E-state index in [0.717, 1.165) is 0 Å². The first kappa shape index (κ1) is 9.55. The summed E-state index contributed by atoms with van der Waals surface area (Å²) in [5, 5.41) is 8.93. The zero-order chi connectivity index (χ0) is 9.68. The molecule has 0 bridgehead atoms. The van der Waals surface area contributed by atoms with Gasteiger partial charge in [0.1, 0.15) is 5.82 Å². The number of nitrogens with zero attached hydrogens (tertiary/aromatic N) is 3. The van der Waals surface area contributed by atoms with Crippen LogP contribution >= 0.6 is 11.8 Å².